The molecule has 0 spiro atoms. The number of carbonyl (C=O) groups excluding carboxylic acids is 1. The fourth-order valence-corrected chi connectivity index (χ4v) is 3.60. The van der Waals surface area contributed by atoms with E-state index in [0.717, 1.165) is 32.5 Å². The Morgan fingerprint density at radius 3 is 2.65 bits per heavy atom. The van der Waals surface area contributed by atoms with E-state index in [1.807, 2.05) is 48.8 Å². The zero-order valence-corrected chi connectivity index (χ0v) is 15.3. The fourth-order valence-electron chi connectivity index (χ4n) is 3.60. The second kappa shape index (κ2) is 9.55. The maximum atomic E-state index is 12.3. The first-order valence-corrected chi connectivity index (χ1v) is 9.59. The molecule has 1 amide bonds. The number of aliphatic hydroxyl groups is 1. The normalized spacial score (nSPS) is 18.0. The number of benzene rings is 1. The van der Waals surface area contributed by atoms with Crippen LogP contribution in [0.3, 0.4) is 0 Å². The van der Waals surface area contributed by atoms with Crippen molar-refractivity contribution < 1.29 is 9.90 Å². The van der Waals surface area contributed by atoms with Crippen molar-refractivity contribution in [2.24, 2.45) is 0 Å². The van der Waals surface area contributed by atoms with Crippen molar-refractivity contribution in [3.05, 3.63) is 59.9 Å². The number of likely N-dealkylation sites (tertiary alicyclic amines) is 1. The standard InChI is InChI=1S/C21H29N3O2/c25-17-20-6-1-2-14-24(20)15-5-11-22-21(26)19-9-7-18(8-10-19)16-23-12-3-4-13-23/h3-4,7-10,12-13,20,25H,1-2,5-6,11,14-17H2,(H,22,26). The Morgan fingerprint density at radius 1 is 1.15 bits per heavy atom. The quantitative estimate of drug-likeness (QED) is 0.716. The summed E-state index contributed by atoms with van der Waals surface area (Å²) in [4.78, 5) is 14.6. The number of aromatic nitrogens is 1. The number of rotatable bonds is 8. The number of amides is 1. The topological polar surface area (TPSA) is 57.5 Å². The van der Waals surface area contributed by atoms with Crippen molar-refractivity contribution in [1.29, 1.82) is 0 Å². The molecule has 0 aliphatic carbocycles. The predicted molar refractivity (Wildman–Crippen MR) is 103 cm³/mol. The number of piperidine rings is 1. The van der Waals surface area contributed by atoms with Crippen molar-refractivity contribution in [2.75, 3.05) is 26.2 Å². The van der Waals surface area contributed by atoms with Gasteiger partial charge in [-0.2, -0.15) is 0 Å². The number of hydrogen-bond donors (Lipinski definition) is 2. The second-order valence-electron chi connectivity index (χ2n) is 7.03. The van der Waals surface area contributed by atoms with Gasteiger partial charge in [-0.3, -0.25) is 9.69 Å². The number of aliphatic hydroxyl groups excluding tert-OH is 1. The molecule has 140 valence electrons. The van der Waals surface area contributed by atoms with E-state index in [9.17, 15) is 9.90 Å². The van der Waals surface area contributed by atoms with E-state index < -0.39 is 0 Å². The van der Waals surface area contributed by atoms with Crippen LogP contribution in [0.15, 0.2) is 48.8 Å². The summed E-state index contributed by atoms with van der Waals surface area (Å²) < 4.78 is 2.11. The molecule has 5 heteroatoms. The Balaban J connectivity index is 1.40. The third kappa shape index (κ3) is 5.19. The first-order valence-electron chi connectivity index (χ1n) is 9.59. The summed E-state index contributed by atoms with van der Waals surface area (Å²) in [7, 11) is 0. The predicted octanol–water partition coefficient (Wildman–Crippen LogP) is 2.50. The molecule has 0 saturated carbocycles. The van der Waals surface area contributed by atoms with Gasteiger partial charge in [0.1, 0.15) is 0 Å². The van der Waals surface area contributed by atoms with E-state index >= 15 is 0 Å². The summed E-state index contributed by atoms with van der Waals surface area (Å²) >= 11 is 0. The second-order valence-corrected chi connectivity index (χ2v) is 7.03. The van der Waals surface area contributed by atoms with E-state index in [4.69, 9.17) is 0 Å². The van der Waals surface area contributed by atoms with Crippen LogP contribution in [0, 0.1) is 0 Å². The highest BCUT2D eigenvalue weighted by atomic mass is 16.3. The van der Waals surface area contributed by atoms with Crippen LogP contribution in [0.5, 0.6) is 0 Å². The molecule has 1 atom stereocenters. The molecule has 0 radical (unpaired) electrons. The van der Waals surface area contributed by atoms with E-state index in [2.05, 4.69) is 14.8 Å². The van der Waals surface area contributed by atoms with Gasteiger partial charge in [-0.05, 0) is 55.6 Å². The SMILES string of the molecule is O=C(NCCCN1CCCCC1CO)c1ccc(Cn2cccc2)cc1. The Morgan fingerprint density at radius 2 is 1.92 bits per heavy atom. The van der Waals surface area contributed by atoms with Gasteiger partial charge in [0.15, 0.2) is 0 Å². The third-order valence-corrected chi connectivity index (χ3v) is 5.11. The minimum Gasteiger partial charge on any atom is -0.395 e. The van der Waals surface area contributed by atoms with Gasteiger partial charge in [-0.25, -0.2) is 0 Å². The third-order valence-electron chi connectivity index (χ3n) is 5.11. The molecule has 3 rings (SSSR count). The van der Waals surface area contributed by atoms with Gasteiger partial charge in [0, 0.05) is 43.6 Å². The first kappa shape index (κ1) is 18.7. The number of nitrogens with one attached hydrogen (secondary N) is 1. The Kier molecular flexibility index (Phi) is 6.86. The van der Waals surface area contributed by atoms with Crippen LogP contribution in [0.25, 0.3) is 0 Å². The van der Waals surface area contributed by atoms with Crippen LogP contribution in [-0.2, 0) is 6.54 Å². The van der Waals surface area contributed by atoms with Crippen molar-refractivity contribution in [3.63, 3.8) is 0 Å². The molecule has 5 nitrogen and oxygen atoms in total. The van der Waals surface area contributed by atoms with Crippen LogP contribution < -0.4 is 5.32 Å². The lowest BCUT2D eigenvalue weighted by atomic mass is 10.0. The Labute approximate surface area is 155 Å². The van der Waals surface area contributed by atoms with E-state index in [0.29, 0.717) is 18.2 Å². The monoisotopic (exact) mass is 355 g/mol. The molecule has 2 heterocycles. The van der Waals surface area contributed by atoms with Gasteiger partial charge < -0.3 is 15.0 Å². The largest absolute Gasteiger partial charge is 0.395 e. The van der Waals surface area contributed by atoms with Gasteiger partial charge in [0.25, 0.3) is 5.91 Å². The maximum absolute atomic E-state index is 12.3. The summed E-state index contributed by atoms with van der Waals surface area (Å²) in [6.07, 6.45) is 8.47. The fraction of sp³-hybridized carbons (Fsp3) is 0.476. The van der Waals surface area contributed by atoms with E-state index in [1.165, 1.54) is 18.4 Å². The molecule has 1 aliphatic heterocycles. The molecule has 2 N–H and O–H groups in total. The minimum atomic E-state index is -0.0186. The van der Waals surface area contributed by atoms with Gasteiger partial charge >= 0.3 is 0 Å². The molecule has 1 saturated heterocycles. The molecule has 1 fully saturated rings. The summed E-state index contributed by atoms with van der Waals surface area (Å²) in [5.41, 5.74) is 1.88. The highest BCUT2D eigenvalue weighted by Crippen LogP contribution is 2.16. The first-order chi connectivity index (χ1) is 12.8. The van der Waals surface area contributed by atoms with Crippen LogP contribution in [0.1, 0.15) is 41.6 Å². The molecule has 26 heavy (non-hydrogen) atoms. The van der Waals surface area contributed by atoms with E-state index in [1.54, 1.807) is 0 Å². The summed E-state index contributed by atoms with van der Waals surface area (Å²) in [5, 5.41) is 12.4. The van der Waals surface area contributed by atoms with Gasteiger partial charge in [-0.1, -0.05) is 18.6 Å². The van der Waals surface area contributed by atoms with Gasteiger partial charge in [-0.15, -0.1) is 0 Å². The molecular formula is C21H29N3O2. The number of nitrogens with zero attached hydrogens (tertiary/aromatic N) is 2. The van der Waals surface area contributed by atoms with Crippen LogP contribution >= 0.6 is 0 Å². The molecule has 1 aliphatic rings. The maximum Gasteiger partial charge on any atom is 0.251 e. The van der Waals surface area contributed by atoms with Gasteiger partial charge in [0.05, 0.1) is 6.61 Å². The minimum absolute atomic E-state index is 0.0186. The molecule has 2 aromatic rings. The van der Waals surface area contributed by atoms with E-state index in [-0.39, 0.29) is 12.5 Å². The molecule has 0 bridgehead atoms. The lowest BCUT2D eigenvalue weighted by molar-refractivity contribution is 0.0868. The molecular weight excluding hydrogens is 326 g/mol. The lowest BCUT2D eigenvalue weighted by Crippen LogP contribution is -2.43. The van der Waals surface area contributed by atoms with Gasteiger partial charge in [0.2, 0.25) is 0 Å². The Hall–Kier alpha value is -2.11. The average molecular weight is 355 g/mol. The molecule has 1 aromatic heterocycles. The number of carbonyl (C=O) groups is 1. The number of hydrogen-bond acceptors (Lipinski definition) is 3. The zero-order chi connectivity index (χ0) is 18.2. The van der Waals surface area contributed by atoms with Crippen molar-refractivity contribution >= 4 is 5.91 Å². The van der Waals surface area contributed by atoms with Crippen molar-refractivity contribution in [1.82, 2.24) is 14.8 Å². The smallest absolute Gasteiger partial charge is 0.251 e. The van der Waals surface area contributed by atoms with Crippen LogP contribution in [0.2, 0.25) is 0 Å². The summed E-state index contributed by atoms with van der Waals surface area (Å²) in [6.45, 7) is 3.71. The average Bonchev–Trinajstić information content (AvgIpc) is 3.19. The van der Waals surface area contributed by atoms with Crippen LogP contribution in [-0.4, -0.2) is 52.8 Å². The molecule has 1 unspecified atom stereocenters. The van der Waals surface area contributed by atoms with Crippen molar-refractivity contribution in [2.45, 2.75) is 38.3 Å². The lowest BCUT2D eigenvalue weighted by Gasteiger charge is -2.34. The molecule has 1 aromatic carbocycles. The Bertz CT molecular complexity index is 667. The van der Waals surface area contributed by atoms with Crippen molar-refractivity contribution in [3.8, 4) is 0 Å². The zero-order valence-electron chi connectivity index (χ0n) is 15.3. The summed E-state index contributed by atoms with van der Waals surface area (Å²) in [6, 6.07) is 12.1. The van der Waals surface area contributed by atoms with Crippen LogP contribution in [0.4, 0.5) is 0 Å². The summed E-state index contributed by atoms with van der Waals surface area (Å²) in [5.74, 6) is -0.0186. The highest BCUT2D eigenvalue weighted by molar-refractivity contribution is 5.94. The highest BCUT2D eigenvalue weighted by Gasteiger charge is 2.20.